The van der Waals surface area contributed by atoms with E-state index >= 15 is 0 Å². The Kier molecular flexibility index (Phi) is 4.34. The first-order valence-electron chi connectivity index (χ1n) is 9.46. The summed E-state index contributed by atoms with van der Waals surface area (Å²) in [5, 5.41) is 0. The smallest absolute Gasteiger partial charge is 0.290 e. The van der Waals surface area contributed by atoms with Gasteiger partial charge in [-0.3, -0.25) is 14.6 Å². The molecule has 1 fully saturated rings. The van der Waals surface area contributed by atoms with Crippen LogP contribution in [0.2, 0.25) is 0 Å². The number of rotatable bonds is 3. The number of ether oxygens (including phenoxy) is 1. The van der Waals surface area contributed by atoms with Gasteiger partial charge in [-0.25, -0.2) is 0 Å². The van der Waals surface area contributed by atoms with Crippen LogP contribution in [0.25, 0.3) is 0 Å². The van der Waals surface area contributed by atoms with Gasteiger partial charge in [0.15, 0.2) is 11.5 Å². The monoisotopic (exact) mass is 442 g/mol. The van der Waals surface area contributed by atoms with E-state index in [9.17, 15) is 9.59 Å². The predicted octanol–water partition coefficient (Wildman–Crippen LogP) is 3.54. The van der Waals surface area contributed by atoms with Crippen molar-refractivity contribution in [3.8, 4) is 0 Å². The predicted molar refractivity (Wildman–Crippen MR) is 103 cm³/mol. The Morgan fingerprint density at radius 1 is 1.18 bits per heavy atom. The lowest BCUT2D eigenvalue weighted by Gasteiger charge is -2.37. The molecule has 2 aromatic heterocycles. The Balaban J connectivity index is 1.58. The fraction of sp³-hybridized carbons (Fsp3) is 0.381. The summed E-state index contributed by atoms with van der Waals surface area (Å²) in [6, 6.07) is 6.82. The van der Waals surface area contributed by atoms with Crippen molar-refractivity contribution in [3.63, 3.8) is 0 Å². The van der Waals surface area contributed by atoms with E-state index in [4.69, 9.17) is 9.15 Å². The molecule has 1 saturated carbocycles. The molecule has 2 aliphatic heterocycles. The van der Waals surface area contributed by atoms with Crippen molar-refractivity contribution in [1.29, 1.82) is 0 Å². The van der Waals surface area contributed by atoms with E-state index in [0.717, 1.165) is 24.8 Å². The van der Waals surface area contributed by atoms with Crippen LogP contribution in [0.4, 0.5) is 0 Å². The molecule has 3 aliphatic rings. The lowest BCUT2D eigenvalue weighted by atomic mass is 9.77. The van der Waals surface area contributed by atoms with Gasteiger partial charge in [0.05, 0.1) is 30.3 Å². The quantitative estimate of drug-likeness (QED) is 0.679. The molecule has 0 saturated heterocycles. The fourth-order valence-electron chi connectivity index (χ4n) is 4.49. The Morgan fingerprint density at radius 2 is 2.00 bits per heavy atom. The molecule has 144 valence electrons. The average Bonchev–Trinajstić information content (AvgIpc) is 3.31. The van der Waals surface area contributed by atoms with Crippen LogP contribution in [-0.2, 0) is 20.9 Å². The highest BCUT2D eigenvalue weighted by Gasteiger charge is 2.52. The zero-order valence-corrected chi connectivity index (χ0v) is 16.7. The zero-order chi connectivity index (χ0) is 19.3. The minimum absolute atomic E-state index is 0.0347. The lowest BCUT2D eigenvalue weighted by Crippen LogP contribution is -2.41. The molecule has 0 N–H and O–H groups in total. The molecular formula is C21H19BrN2O4. The second-order valence-electron chi connectivity index (χ2n) is 7.48. The minimum Gasteiger partial charge on any atom is -0.483 e. The van der Waals surface area contributed by atoms with Crippen LogP contribution in [0.5, 0.6) is 0 Å². The molecule has 0 aromatic carbocycles. The van der Waals surface area contributed by atoms with Crippen LogP contribution in [0, 0.1) is 5.92 Å². The van der Waals surface area contributed by atoms with Gasteiger partial charge >= 0.3 is 0 Å². The number of furan rings is 1. The summed E-state index contributed by atoms with van der Waals surface area (Å²) >= 11 is 3.65. The normalized spacial score (nSPS) is 29.5. The van der Waals surface area contributed by atoms with Gasteiger partial charge in [0.25, 0.3) is 5.91 Å². The van der Waals surface area contributed by atoms with E-state index in [1.54, 1.807) is 29.6 Å². The van der Waals surface area contributed by atoms with Gasteiger partial charge in [0, 0.05) is 17.2 Å². The molecule has 4 heterocycles. The molecule has 2 aromatic rings. The van der Waals surface area contributed by atoms with Crippen molar-refractivity contribution in [2.45, 2.75) is 42.8 Å². The molecule has 0 bridgehead atoms. The number of halogens is 1. The summed E-state index contributed by atoms with van der Waals surface area (Å²) in [6.45, 7) is 0.277. The molecule has 1 aliphatic carbocycles. The highest BCUT2D eigenvalue weighted by Crippen LogP contribution is 2.47. The first kappa shape index (κ1) is 17.7. The fourth-order valence-corrected chi connectivity index (χ4v) is 5.16. The van der Waals surface area contributed by atoms with E-state index in [1.807, 2.05) is 18.2 Å². The molecule has 28 heavy (non-hydrogen) atoms. The van der Waals surface area contributed by atoms with E-state index in [0.29, 0.717) is 16.2 Å². The summed E-state index contributed by atoms with van der Waals surface area (Å²) in [7, 11) is 0. The number of pyridine rings is 1. The molecule has 7 heteroatoms. The third-order valence-corrected chi connectivity index (χ3v) is 6.64. The molecule has 0 spiro atoms. The Morgan fingerprint density at radius 3 is 2.75 bits per heavy atom. The number of carbonyl (C=O) groups is 2. The molecule has 1 amide bonds. The summed E-state index contributed by atoms with van der Waals surface area (Å²) in [6.07, 6.45) is 7.16. The van der Waals surface area contributed by atoms with Gasteiger partial charge < -0.3 is 14.1 Å². The van der Waals surface area contributed by atoms with Crippen LogP contribution in [0.3, 0.4) is 0 Å². The maximum Gasteiger partial charge on any atom is 0.290 e. The van der Waals surface area contributed by atoms with Gasteiger partial charge in [-0.15, -0.1) is 0 Å². The maximum atomic E-state index is 13.5. The highest BCUT2D eigenvalue weighted by atomic mass is 79.9. The third kappa shape index (κ3) is 2.80. The van der Waals surface area contributed by atoms with E-state index in [-0.39, 0.29) is 36.0 Å². The number of hydrogen-bond donors (Lipinski definition) is 0. The first-order chi connectivity index (χ1) is 13.6. The van der Waals surface area contributed by atoms with Crippen molar-refractivity contribution >= 4 is 27.6 Å². The van der Waals surface area contributed by atoms with Crippen molar-refractivity contribution in [1.82, 2.24) is 9.88 Å². The zero-order valence-electron chi connectivity index (χ0n) is 15.1. The summed E-state index contributed by atoms with van der Waals surface area (Å²) in [5.41, 5.74) is 1.33. The minimum atomic E-state index is -0.486. The van der Waals surface area contributed by atoms with Crippen LogP contribution in [0.15, 0.2) is 58.7 Å². The lowest BCUT2D eigenvalue weighted by molar-refractivity contribution is -0.135. The number of fused-ring (bicyclic) bond motifs is 1. The van der Waals surface area contributed by atoms with Gasteiger partial charge in [0.2, 0.25) is 0 Å². The van der Waals surface area contributed by atoms with Gasteiger partial charge in [-0.05, 0) is 49.1 Å². The molecule has 4 atom stereocenters. The van der Waals surface area contributed by atoms with Crippen LogP contribution in [-0.4, -0.2) is 32.5 Å². The van der Waals surface area contributed by atoms with Gasteiger partial charge in [-0.2, -0.15) is 0 Å². The first-order valence-corrected chi connectivity index (χ1v) is 10.4. The number of carbonyl (C=O) groups excluding carboxylic acids is 2. The molecule has 4 unspecified atom stereocenters. The summed E-state index contributed by atoms with van der Waals surface area (Å²) < 4.78 is 11.6. The number of Topliss-reactive ketones (excluding diaryl/α,β-unsaturated/α-hetero) is 1. The Bertz CT molecular complexity index is 941. The third-order valence-electron chi connectivity index (χ3n) is 5.81. The number of hydrogen-bond acceptors (Lipinski definition) is 5. The maximum absolute atomic E-state index is 13.5. The second-order valence-corrected chi connectivity index (χ2v) is 8.77. The van der Waals surface area contributed by atoms with E-state index in [1.165, 1.54) is 0 Å². The Labute approximate surface area is 170 Å². The SMILES string of the molecule is O=C1C2=C(OC3CCC(Br)CC13)C(=O)N(Cc1ccco1)C2c1ccncc1. The Hall–Kier alpha value is -2.41. The topological polar surface area (TPSA) is 72.6 Å². The summed E-state index contributed by atoms with van der Waals surface area (Å²) in [4.78, 5) is 32.8. The number of aromatic nitrogens is 1. The van der Waals surface area contributed by atoms with Crippen LogP contribution >= 0.6 is 15.9 Å². The standard InChI is InChI=1S/C21H19BrN2O4/c22-13-3-4-16-15(10-13)19(25)17-18(12-5-7-23-8-6-12)24(21(26)20(17)28-16)11-14-2-1-9-27-14/h1-2,5-9,13,15-16,18H,3-4,10-11H2. The van der Waals surface area contributed by atoms with E-state index in [2.05, 4.69) is 20.9 Å². The highest BCUT2D eigenvalue weighted by molar-refractivity contribution is 9.09. The number of amides is 1. The summed E-state index contributed by atoms with van der Waals surface area (Å²) in [5.74, 6) is 0.455. The average molecular weight is 443 g/mol. The molecule has 5 rings (SSSR count). The van der Waals surface area contributed by atoms with Crippen LogP contribution < -0.4 is 0 Å². The number of ketones is 1. The molecular weight excluding hydrogens is 424 g/mol. The van der Waals surface area contributed by atoms with Gasteiger partial charge in [0.1, 0.15) is 11.9 Å². The van der Waals surface area contributed by atoms with Crippen molar-refractivity contribution in [2.75, 3.05) is 0 Å². The second kappa shape index (κ2) is 6.88. The molecule has 6 nitrogen and oxygen atoms in total. The van der Waals surface area contributed by atoms with Crippen molar-refractivity contribution in [3.05, 3.63) is 65.6 Å². The number of nitrogens with zero attached hydrogens (tertiary/aromatic N) is 2. The van der Waals surface area contributed by atoms with Crippen molar-refractivity contribution < 1.29 is 18.7 Å². The van der Waals surface area contributed by atoms with E-state index < -0.39 is 6.04 Å². The number of alkyl halides is 1. The largest absolute Gasteiger partial charge is 0.483 e. The van der Waals surface area contributed by atoms with Crippen molar-refractivity contribution in [2.24, 2.45) is 5.92 Å². The molecule has 0 radical (unpaired) electrons. The van der Waals surface area contributed by atoms with Gasteiger partial charge in [-0.1, -0.05) is 15.9 Å². The van der Waals surface area contributed by atoms with Crippen LogP contribution in [0.1, 0.15) is 36.6 Å².